The van der Waals surface area contributed by atoms with Gasteiger partial charge in [-0.05, 0) is 25.5 Å². The lowest BCUT2D eigenvalue weighted by Gasteiger charge is -2.20. The molecule has 1 aromatic carbocycles. The van der Waals surface area contributed by atoms with E-state index in [-0.39, 0.29) is 0 Å². The molecule has 0 aromatic heterocycles. The van der Waals surface area contributed by atoms with Crippen LogP contribution in [-0.4, -0.2) is 13.7 Å². The molecule has 1 aromatic rings. The van der Waals surface area contributed by atoms with Crippen LogP contribution < -0.4 is 10.1 Å². The van der Waals surface area contributed by atoms with E-state index >= 15 is 0 Å². The van der Waals surface area contributed by atoms with Crippen LogP contribution in [0.4, 0.5) is 0 Å². The number of hydrogen-bond donors (Lipinski definition) is 1. The Morgan fingerprint density at radius 2 is 1.82 bits per heavy atom. The lowest BCUT2D eigenvalue weighted by Crippen LogP contribution is -2.25. The molecule has 0 bridgehead atoms. The molecule has 0 spiro atoms. The van der Waals surface area contributed by atoms with Crippen LogP contribution >= 0.6 is 0 Å². The number of methoxy groups -OCH3 is 1. The minimum absolute atomic E-state index is 0.340. The number of hydrogen-bond acceptors (Lipinski definition) is 2. The highest BCUT2D eigenvalue weighted by atomic mass is 16.5. The average Bonchev–Trinajstić information content (AvgIpc) is 2.39. The van der Waals surface area contributed by atoms with E-state index in [9.17, 15) is 0 Å². The third-order valence-electron chi connectivity index (χ3n) is 3.47. The van der Waals surface area contributed by atoms with E-state index in [1.165, 1.54) is 18.4 Å². The van der Waals surface area contributed by atoms with E-state index in [2.05, 4.69) is 38.2 Å². The number of nitrogens with one attached hydrogen (secondary N) is 1. The molecule has 0 saturated heterocycles. The first kappa shape index (κ1) is 14.0. The van der Waals surface area contributed by atoms with Crippen molar-refractivity contribution in [2.75, 3.05) is 13.7 Å². The second-order valence-corrected chi connectivity index (χ2v) is 4.55. The molecule has 1 atom stereocenters. The van der Waals surface area contributed by atoms with E-state index in [4.69, 9.17) is 4.74 Å². The van der Waals surface area contributed by atoms with Crippen LogP contribution in [0, 0.1) is 5.92 Å². The maximum atomic E-state index is 5.39. The van der Waals surface area contributed by atoms with Crippen LogP contribution in [-0.2, 0) is 0 Å². The summed E-state index contributed by atoms with van der Waals surface area (Å²) in [4.78, 5) is 0. The van der Waals surface area contributed by atoms with Crippen molar-refractivity contribution in [3.8, 4) is 5.75 Å². The van der Waals surface area contributed by atoms with Crippen LogP contribution in [0.2, 0.25) is 0 Å². The second-order valence-electron chi connectivity index (χ2n) is 4.55. The molecule has 0 radical (unpaired) electrons. The summed E-state index contributed by atoms with van der Waals surface area (Å²) in [5, 5.41) is 3.60. The first-order valence-electron chi connectivity index (χ1n) is 6.59. The first-order valence-corrected chi connectivity index (χ1v) is 6.59. The van der Waals surface area contributed by atoms with Crippen molar-refractivity contribution in [2.45, 2.75) is 39.7 Å². The third-order valence-corrected chi connectivity index (χ3v) is 3.47. The summed E-state index contributed by atoms with van der Waals surface area (Å²) in [6, 6.07) is 8.56. The van der Waals surface area contributed by atoms with Crippen LogP contribution in [0.15, 0.2) is 24.3 Å². The van der Waals surface area contributed by atoms with Gasteiger partial charge in [0.15, 0.2) is 0 Å². The molecule has 0 aliphatic heterocycles. The molecule has 17 heavy (non-hydrogen) atoms. The Labute approximate surface area is 105 Å². The van der Waals surface area contributed by atoms with Gasteiger partial charge in [0.25, 0.3) is 0 Å². The van der Waals surface area contributed by atoms with Gasteiger partial charge in [-0.1, -0.05) is 44.9 Å². The van der Waals surface area contributed by atoms with Gasteiger partial charge in [-0.3, -0.25) is 0 Å². The van der Waals surface area contributed by atoms with Gasteiger partial charge in [0, 0.05) is 11.6 Å². The molecule has 0 aliphatic carbocycles. The molecule has 1 N–H and O–H groups in total. The van der Waals surface area contributed by atoms with Gasteiger partial charge in [0.05, 0.1) is 7.11 Å². The highest BCUT2D eigenvalue weighted by Crippen LogP contribution is 2.24. The van der Waals surface area contributed by atoms with Gasteiger partial charge in [0.1, 0.15) is 5.75 Å². The molecule has 0 saturated carbocycles. The Morgan fingerprint density at radius 3 is 2.41 bits per heavy atom. The van der Waals surface area contributed by atoms with Crippen LogP contribution in [0.25, 0.3) is 0 Å². The third kappa shape index (κ3) is 4.04. The molecule has 2 nitrogen and oxygen atoms in total. The van der Waals surface area contributed by atoms with Gasteiger partial charge in [-0.15, -0.1) is 0 Å². The number of ether oxygens (including phenoxy) is 1. The van der Waals surface area contributed by atoms with Gasteiger partial charge < -0.3 is 10.1 Å². The fraction of sp³-hybridized carbons (Fsp3) is 0.600. The zero-order valence-electron chi connectivity index (χ0n) is 11.5. The van der Waals surface area contributed by atoms with E-state index in [0.29, 0.717) is 6.04 Å². The molecule has 0 aliphatic rings. The Bertz CT molecular complexity index is 320. The fourth-order valence-electron chi connectivity index (χ4n) is 2.05. The summed E-state index contributed by atoms with van der Waals surface area (Å²) in [6.07, 6.45) is 2.48. The molecule has 1 unspecified atom stereocenters. The standard InChI is InChI=1S/C15H25NO/c1-5-13(6-2)11-16-12(3)14-9-7-8-10-15(14)17-4/h7-10,12-13,16H,5-6,11H2,1-4H3. The lowest BCUT2D eigenvalue weighted by molar-refractivity contribution is 0.389. The second kappa shape index (κ2) is 7.33. The molecule has 0 amide bonds. The van der Waals surface area contributed by atoms with Crippen LogP contribution in [0.5, 0.6) is 5.75 Å². The molecule has 1 rings (SSSR count). The zero-order valence-corrected chi connectivity index (χ0v) is 11.5. The van der Waals surface area contributed by atoms with Crippen molar-refractivity contribution in [1.82, 2.24) is 5.32 Å². The van der Waals surface area contributed by atoms with Crippen molar-refractivity contribution in [2.24, 2.45) is 5.92 Å². The van der Waals surface area contributed by atoms with Gasteiger partial charge in [-0.2, -0.15) is 0 Å². The number of rotatable bonds is 7. The van der Waals surface area contributed by atoms with E-state index in [1.807, 2.05) is 12.1 Å². The number of benzene rings is 1. The summed E-state index contributed by atoms with van der Waals surface area (Å²) < 4.78 is 5.39. The summed E-state index contributed by atoms with van der Waals surface area (Å²) in [6.45, 7) is 7.78. The van der Waals surface area contributed by atoms with Crippen LogP contribution in [0.1, 0.15) is 45.2 Å². The van der Waals surface area contributed by atoms with Gasteiger partial charge in [-0.25, -0.2) is 0 Å². The predicted octanol–water partition coefficient (Wildman–Crippen LogP) is 3.78. The Hall–Kier alpha value is -1.02. The number of para-hydroxylation sites is 1. The monoisotopic (exact) mass is 235 g/mol. The summed E-state index contributed by atoms with van der Waals surface area (Å²) in [5.41, 5.74) is 1.24. The normalized spacial score (nSPS) is 12.8. The van der Waals surface area contributed by atoms with Crippen molar-refractivity contribution < 1.29 is 4.74 Å². The molecule has 2 heteroatoms. The van der Waals surface area contributed by atoms with E-state index in [1.54, 1.807) is 7.11 Å². The molecule has 96 valence electrons. The van der Waals surface area contributed by atoms with E-state index in [0.717, 1.165) is 18.2 Å². The maximum Gasteiger partial charge on any atom is 0.123 e. The Kier molecular flexibility index (Phi) is 6.06. The van der Waals surface area contributed by atoms with Crippen LogP contribution in [0.3, 0.4) is 0 Å². The maximum absolute atomic E-state index is 5.39. The summed E-state index contributed by atoms with van der Waals surface area (Å²) in [5.74, 6) is 1.74. The first-order chi connectivity index (χ1) is 8.22. The summed E-state index contributed by atoms with van der Waals surface area (Å²) >= 11 is 0. The SMILES string of the molecule is CCC(CC)CNC(C)c1ccccc1OC. The highest BCUT2D eigenvalue weighted by Gasteiger charge is 2.11. The molecular weight excluding hydrogens is 210 g/mol. The van der Waals surface area contributed by atoms with Crippen molar-refractivity contribution in [3.63, 3.8) is 0 Å². The zero-order chi connectivity index (χ0) is 12.7. The van der Waals surface area contributed by atoms with Crippen molar-refractivity contribution >= 4 is 0 Å². The Morgan fingerprint density at radius 1 is 1.18 bits per heavy atom. The highest BCUT2D eigenvalue weighted by molar-refractivity contribution is 5.35. The van der Waals surface area contributed by atoms with Crippen molar-refractivity contribution in [3.05, 3.63) is 29.8 Å². The quantitative estimate of drug-likeness (QED) is 0.776. The fourth-order valence-corrected chi connectivity index (χ4v) is 2.05. The topological polar surface area (TPSA) is 21.3 Å². The summed E-state index contributed by atoms with van der Waals surface area (Å²) in [7, 11) is 1.73. The minimum Gasteiger partial charge on any atom is -0.496 e. The van der Waals surface area contributed by atoms with Gasteiger partial charge in [0.2, 0.25) is 0 Å². The Balaban J connectivity index is 2.60. The predicted molar refractivity (Wildman–Crippen MR) is 73.5 cm³/mol. The smallest absolute Gasteiger partial charge is 0.123 e. The van der Waals surface area contributed by atoms with Crippen molar-refractivity contribution in [1.29, 1.82) is 0 Å². The minimum atomic E-state index is 0.340. The molecule has 0 heterocycles. The molecular formula is C15H25NO. The average molecular weight is 235 g/mol. The largest absolute Gasteiger partial charge is 0.496 e. The molecule has 0 fully saturated rings. The van der Waals surface area contributed by atoms with E-state index < -0.39 is 0 Å². The van der Waals surface area contributed by atoms with Gasteiger partial charge >= 0.3 is 0 Å². The lowest BCUT2D eigenvalue weighted by atomic mass is 10.0.